The fourth-order valence-corrected chi connectivity index (χ4v) is 2.96. The van der Waals surface area contributed by atoms with Crippen LogP contribution < -0.4 is 5.32 Å². The zero-order valence-corrected chi connectivity index (χ0v) is 11.0. The minimum absolute atomic E-state index is 0.271. The van der Waals surface area contributed by atoms with Crippen molar-refractivity contribution in [3.63, 3.8) is 0 Å². The van der Waals surface area contributed by atoms with Crippen LogP contribution in [0, 0.1) is 0 Å². The molecule has 2 aliphatic rings. The molecule has 0 atom stereocenters. The summed E-state index contributed by atoms with van der Waals surface area (Å²) in [7, 11) is 1.93. The Morgan fingerprint density at radius 1 is 1.18 bits per heavy atom. The van der Waals surface area contributed by atoms with Gasteiger partial charge in [-0.05, 0) is 19.9 Å². The van der Waals surface area contributed by atoms with Crippen LogP contribution in [0.1, 0.15) is 38.5 Å². The van der Waals surface area contributed by atoms with Crippen LogP contribution in [0.4, 0.5) is 4.79 Å². The first-order valence-corrected chi connectivity index (χ1v) is 7.03. The molecule has 0 radical (unpaired) electrons. The number of hydrogen-bond donors (Lipinski definition) is 1. The smallest absolute Gasteiger partial charge is 0.320 e. The Hall–Kier alpha value is -0.770. The first-order valence-electron chi connectivity index (χ1n) is 7.03. The molecule has 2 amide bonds. The molecule has 0 unspecified atom stereocenters. The average molecular weight is 239 g/mol. The molecule has 4 nitrogen and oxygen atoms in total. The predicted molar refractivity (Wildman–Crippen MR) is 69.1 cm³/mol. The molecule has 2 fully saturated rings. The molecule has 1 saturated carbocycles. The van der Waals surface area contributed by atoms with Crippen molar-refractivity contribution in [1.82, 2.24) is 15.1 Å². The lowest BCUT2D eigenvalue weighted by Crippen LogP contribution is -2.40. The van der Waals surface area contributed by atoms with E-state index < -0.39 is 0 Å². The van der Waals surface area contributed by atoms with Crippen LogP contribution in [0.3, 0.4) is 0 Å². The Balaban J connectivity index is 1.87. The van der Waals surface area contributed by atoms with E-state index in [-0.39, 0.29) is 6.03 Å². The Morgan fingerprint density at radius 3 is 2.53 bits per heavy atom. The zero-order valence-electron chi connectivity index (χ0n) is 11.0. The lowest BCUT2D eigenvalue weighted by molar-refractivity contribution is 0.172. The first kappa shape index (κ1) is 12.7. The van der Waals surface area contributed by atoms with Crippen molar-refractivity contribution in [3.8, 4) is 0 Å². The second-order valence-electron chi connectivity index (χ2n) is 5.21. The molecule has 0 bridgehead atoms. The largest absolute Gasteiger partial charge is 0.322 e. The SMILES string of the molecule is CNCCN1CCN(C2CCCCCC2)C1=O. The van der Waals surface area contributed by atoms with E-state index in [1.54, 1.807) is 0 Å². The molecule has 98 valence electrons. The minimum Gasteiger partial charge on any atom is -0.322 e. The van der Waals surface area contributed by atoms with E-state index >= 15 is 0 Å². The lowest BCUT2D eigenvalue weighted by Gasteiger charge is -2.27. The van der Waals surface area contributed by atoms with Crippen LogP contribution in [0.5, 0.6) is 0 Å². The number of urea groups is 1. The third-order valence-corrected chi connectivity index (χ3v) is 4.02. The molecule has 0 aromatic rings. The highest BCUT2D eigenvalue weighted by Gasteiger charge is 2.33. The number of carbonyl (C=O) groups excluding carboxylic acids is 1. The Labute approximate surface area is 104 Å². The first-order chi connectivity index (χ1) is 8.33. The summed E-state index contributed by atoms with van der Waals surface area (Å²) in [6, 6.07) is 0.789. The highest BCUT2D eigenvalue weighted by atomic mass is 16.2. The summed E-state index contributed by atoms with van der Waals surface area (Å²) in [4.78, 5) is 16.4. The highest BCUT2D eigenvalue weighted by Crippen LogP contribution is 2.24. The van der Waals surface area contributed by atoms with Crippen molar-refractivity contribution in [1.29, 1.82) is 0 Å². The monoisotopic (exact) mass is 239 g/mol. The standard InChI is InChI=1S/C13H25N3O/c1-14-8-9-15-10-11-16(13(15)17)12-6-4-2-3-5-7-12/h12,14H,2-11H2,1H3. The van der Waals surface area contributed by atoms with Crippen molar-refractivity contribution in [2.24, 2.45) is 0 Å². The Bertz CT molecular complexity index is 249. The van der Waals surface area contributed by atoms with Gasteiger partial charge in [0.15, 0.2) is 0 Å². The zero-order chi connectivity index (χ0) is 12.1. The van der Waals surface area contributed by atoms with Gasteiger partial charge in [-0.15, -0.1) is 0 Å². The van der Waals surface area contributed by atoms with E-state index in [0.29, 0.717) is 6.04 Å². The summed E-state index contributed by atoms with van der Waals surface area (Å²) < 4.78 is 0. The second kappa shape index (κ2) is 6.24. The molecule has 0 aromatic heterocycles. The summed E-state index contributed by atoms with van der Waals surface area (Å²) in [6.07, 6.45) is 7.72. The molecule has 1 aliphatic heterocycles. The normalized spacial score (nSPS) is 23.2. The summed E-state index contributed by atoms with van der Waals surface area (Å²) in [5.74, 6) is 0. The molecule has 17 heavy (non-hydrogen) atoms. The number of carbonyl (C=O) groups is 1. The van der Waals surface area contributed by atoms with E-state index in [1.807, 2.05) is 11.9 Å². The van der Waals surface area contributed by atoms with Gasteiger partial charge in [-0.1, -0.05) is 25.7 Å². The maximum Gasteiger partial charge on any atom is 0.320 e. The minimum atomic E-state index is 0.271. The Kier molecular flexibility index (Phi) is 4.66. The van der Waals surface area contributed by atoms with E-state index in [1.165, 1.54) is 38.5 Å². The fourth-order valence-electron chi connectivity index (χ4n) is 2.96. The van der Waals surface area contributed by atoms with Crippen LogP contribution in [-0.2, 0) is 0 Å². The third kappa shape index (κ3) is 3.12. The van der Waals surface area contributed by atoms with Crippen molar-refractivity contribution in [2.75, 3.05) is 33.2 Å². The molecule has 2 rings (SSSR count). The van der Waals surface area contributed by atoms with Gasteiger partial charge in [0, 0.05) is 32.2 Å². The molecule has 1 heterocycles. The molecule has 4 heteroatoms. The quantitative estimate of drug-likeness (QED) is 0.757. The van der Waals surface area contributed by atoms with Crippen molar-refractivity contribution < 1.29 is 4.79 Å². The molecule has 0 aromatic carbocycles. The van der Waals surface area contributed by atoms with Gasteiger partial charge >= 0.3 is 6.03 Å². The predicted octanol–water partition coefficient (Wildman–Crippen LogP) is 1.67. The number of nitrogens with one attached hydrogen (secondary N) is 1. The van der Waals surface area contributed by atoms with E-state index in [0.717, 1.165) is 26.2 Å². The average Bonchev–Trinajstić information content (AvgIpc) is 2.58. The number of nitrogens with zero attached hydrogens (tertiary/aromatic N) is 2. The molecule has 0 spiro atoms. The summed E-state index contributed by atoms with van der Waals surface area (Å²) in [6.45, 7) is 3.59. The molecule has 1 aliphatic carbocycles. The lowest BCUT2D eigenvalue weighted by atomic mass is 10.1. The summed E-state index contributed by atoms with van der Waals surface area (Å²) in [5.41, 5.74) is 0. The van der Waals surface area contributed by atoms with Crippen LogP contribution in [0.15, 0.2) is 0 Å². The van der Waals surface area contributed by atoms with Crippen molar-refractivity contribution in [3.05, 3.63) is 0 Å². The summed E-state index contributed by atoms with van der Waals surface area (Å²) >= 11 is 0. The summed E-state index contributed by atoms with van der Waals surface area (Å²) in [5, 5.41) is 3.11. The van der Waals surface area contributed by atoms with Crippen LogP contribution >= 0.6 is 0 Å². The van der Waals surface area contributed by atoms with E-state index in [4.69, 9.17) is 0 Å². The van der Waals surface area contributed by atoms with Gasteiger partial charge in [0.05, 0.1) is 0 Å². The van der Waals surface area contributed by atoms with E-state index in [2.05, 4.69) is 10.2 Å². The maximum atomic E-state index is 12.2. The van der Waals surface area contributed by atoms with Crippen molar-refractivity contribution >= 4 is 6.03 Å². The van der Waals surface area contributed by atoms with Crippen LogP contribution in [-0.4, -0.2) is 55.1 Å². The van der Waals surface area contributed by atoms with Crippen LogP contribution in [0.2, 0.25) is 0 Å². The molecule has 1 N–H and O–H groups in total. The maximum absolute atomic E-state index is 12.2. The van der Waals surface area contributed by atoms with Gasteiger partial charge < -0.3 is 15.1 Å². The van der Waals surface area contributed by atoms with Gasteiger partial charge in [0.25, 0.3) is 0 Å². The highest BCUT2D eigenvalue weighted by molar-refractivity contribution is 5.76. The number of hydrogen-bond acceptors (Lipinski definition) is 2. The van der Waals surface area contributed by atoms with Gasteiger partial charge in [-0.25, -0.2) is 4.79 Å². The van der Waals surface area contributed by atoms with E-state index in [9.17, 15) is 4.79 Å². The van der Waals surface area contributed by atoms with Gasteiger partial charge in [0.2, 0.25) is 0 Å². The van der Waals surface area contributed by atoms with Gasteiger partial charge in [0.1, 0.15) is 0 Å². The van der Waals surface area contributed by atoms with Gasteiger partial charge in [-0.2, -0.15) is 0 Å². The molecular formula is C13H25N3O. The third-order valence-electron chi connectivity index (χ3n) is 4.02. The topological polar surface area (TPSA) is 35.6 Å². The number of rotatable bonds is 4. The van der Waals surface area contributed by atoms with Gasteiger partial charge in [-0.3, -0.25) is 0 Å². The molecular weight excluding hydrogens is 214 g/mol. The number of likely N-dealkylation sites (N-methyl/N-ethyl adjacent to an activating group) is 1. The van der Waals surface area contributed by atoms with Crippen LogP contribution in [0.25, 0.3) is 0 Å². The fraction of sp³-hybridized carbons (Fsp3) is 0.923. The second-order valence-corrected chi connectivity index (χ2v) is 5.21. The van der Waals surface area contributed by atoms with Crippen molar-refractivity contribution in [2.45, 2.75) is 44.6 Å². The molecule has 1 saturated heterocycles. The number of amides is 2. The Morgan fingerprint density at radius 2 is 1.88 bits per heavy atom.